The Labute approximate surface area is 98.7 Å². The average molecular weight is 221 g/mol. The third-order valence-electron chi connectivity index (χ3n) is 2.18. The van der Waals surface area contributed by atoms with Crippen molar-refractivity contribution in [3.8, 4) is 0 Å². The molecule has 0 saturated carbocycles. The minimum absolute atomic E-state index is 0.416. The predicted molar refractivity (Wildman–Crippen MR) is 69.5 cm³/mol. The summed E-state index contributed by atoms with van der Waals surface area (Å²) in [6.07, 6.45) is 1.83. The first-order chi connectivity index (χ1) is 7.59. The Morgan fingerprint density at radius 3 is 2.62 bits per heavy atom. The average Bonchev–Trinajstić information content (AvgIpc) is 2.19. The van der Waals surface area contributed by atoms with Gasteiger partial charge in [-0.25, -0.2) is 4.98 Å². The number of nitrogens with one attached hydrogen (secondary N) is 2. The molecule has 0 aliphatic carbocycles. The van der Waals surface area contributed by atoms with Crippen LogP contribution in [0.25, 0.3) is 0 Å². The van der Waals surface area contributed by atoms with Crippen LogP contribution in [0.3, 0.4) is 0 Å². The van der Waals surface area contributed by atoms with Gasteiger partial charge in [-0.1, -0.05) is 19.9 Å². The molecule has 0 fully saturated rings. The quantitative estimate of drug-likeness (QED) is 0.775. The molecule has 1 aromatic rings. The standard InChI is InChI=1S/C13H23N3/c1-10(2)8-14-9-12-6-5-7-15-13(12)16-11(3)4/h5-7,10-11,14H,8-9H2,1-4H3,(H,15,16). The van der Waals surface area contributed by atoms with Crippen molar-refractivity contribution in [1.82, 2.24) is 10.3 Å². The van der Waals surface area contributed by atoms with Gasteiger partial charge in [-0.15, -0.1) is 0 Å². The normalized spacial score (nSPS) is 11.1. The molecule has 0 bridgehead atoms. The van der Waals surface area contributed by atoms with Gasteiger partial charge in [0.15, 0.2) is 0 Å². The second-order valence-corrected chi connectivity index (χ2v) is 4.83. The lowest BCUT2D eigenvalue weighted by Gasteiger charge is -2.14. The van der Waals surface area contributed by atoms with E-state index < -0.39 is 0 Å². The number of rotatable bonds is 6. The number of aromatic nitrogens is 1. The van der Waals surface area contributed by atoms with Crippen molar-refractivity contribution < 1.29 is 0 Å². The molecule has 1 aromatic heterocycles. The highest BCUT2D eigenvalue weighted by Crippen LogP contribution is 2.12. The summed E-state index contributed by atoms with van der Waals surface area (Å²) in [4.78, 5) is 4.37. The second kappa shape index (κ2) is 6.48. The van der Waals surface area contributed by atoms with E-state index in [4.69, 9.17) is 0 Å². The Balaban J connectivity index is 2.56. The van der Waals surface area contributed by atoms with Crippen molar-refractivity contribution in [2.24, 2.45) is 5.92 Å². The van der Waals surface area contributed by atoms with E-state index in [-0.39, 0.29) is 0 Å². The van der Waals surface area contributed by atoms with Crippen LogP contribution in [-0.2, 0) is 6.54 Å². The van der Waals surface area contributed by atoms with Gasteiger partial charge in [-0.3, -0.25) is 0 Å². The molecule has 0 spiro atoms. The van der Waals surface area contributed by atoms with Crippen molar-refractivity contribution in [3.05, 3.63) is 23.9 Å². The van der Waals surface area contributed by atoms with Crippen molar-refractivity contribution in [2.45, 2.75) is 40.3 Å². The van der Waals surface area contributed by atoms with Crippen LogP contribution in [0.4, 0.5) is 5.82 Å². The van der Waals surface area contributed by atoms with Gasteiger partial charge < -0.3 is 10.6 Å². The maximum atomic E-state index is 4.37. The number of hydrogen-bond acceptors (Lipinski definition) is 3. The Morgan fingerprint density at radius 2 is 2.00 bits per heavy atom. The van der Waals surface area contributed by atoms with E-state index in [2.05, 4.69) is 49.4 Å². The predicted octanol–water partition coefficient (Wildman–Crippen LogP) is 2.65. The maximum absolute atomic E-state index is 4.37. The summed E-state index contributed by atoms with van der Waals surface area (Å²) >= 11 is 0. The molecule has 2 N–H and O–H groups in total. The van der Waals surface area contributed by atoms with Gasteiger partial charge in [-0.05, 0) is 32.4 Å². The van der Waals surface area contributed by atoms with Crippen molar-refractivity contribution in [1.29, 1.82) is 0 Å². The molecule has 0 aromatic carbocycles. The molecule has 1 heterocycles. The highest BCUT2D eigenvalue weighted by atomic mass is 15.0. The van der Waals surface area contributed by atoms with Crippen LogP contribution in [-0.4, -0.2) is 17.6 Å². The molecule has 0 unspecified atom stereocenters. The SMILES string of the molecule is CC(C)CNCc1cccnc1NC(C)C. The third-order valence-corrected chi connectivity index (χ3v) is 2.18. The number of anilines is 1. The lowest BCUT2D eigenvalue weighted by atomic mass is 10.2. The van der Waals surface area contributed by atoms with Gasteiger partial charge in [0.25, 0.3) is 0 Å². The summed E-state index contributed by atoms with van der Waals surface area (Å²) in [6.45, 7) is 10.6. The minimum Gasteiger partial charge on any atom is -0.368 e. The molecule has 3 heteroatoms. The Hall–Kier alpha value is -1.09. The van der Waals surface area contributed by atoms with Gasteiger partial charge in [0.05, 0.1) is 0 Å². The molecule has 1 rings (SSSR count). The van der Waals surface area contributed by atoms with Crippen molar-refractivity contribution >= 4 is 5.82 Å². The van der Waals surface area contributed by atoms with Gasteiger partial charge in [0.2, 0.25) is 0 Å². The first-order valence-corrected chi connectivity index (χ1v) is 6.00. The summed E-state index contributed by atoms with van der Waals surface area (Å²) in [5.41, 5.74) is 1.23. The summed E-state index contributed by atoms with van der Waals surface area (Å²) in [6, 6.07) is 4.52. The molecule has 16 heavy (non-hydrogen) atoms. The van der Waals surface area contributed by atoms with E-state index in [0.29, 0.717) is 12.0 Å². The van der Waals surface area contributed by atoms with Crippen LogP contribution in [0.15, 0.2) is 18.3 Å². The van der Waals surface area contributed by atoms with E-state index in [1.165, 1.54) is 5.56 Å². The van der Waals surface area contributed by atoms with Crippen LogP contribution in [0.1, 0.15) is 33.3 Å². The zero-order chi connectivity index (χ0) is 12.0. The zero-order valence-electron chi connectivity index (χ0n) is 10.7. The molecular weight excluding hydrogens is 198 g/mol. The topological polar surface area (TPSA) is 37.0 Å². The van der Waals surface area contributed by atoms with Crippen LogP contribution in [0.2, 0.25) is 0 Å². The Kier molecular flexibility index (Phi) is 5.26. The number of hydrogen-bond donors (Lipinski definition) is 2. The highest BCUT2D eigenvalue weighted by molar-refractivity contribution is 5.44. The summed E-state index contributed by atoms with van der Waals surface area (Å²) in [7, 11) is 0. The van der Waals surface area contributed by atoms with Gasteiger partial charge in [0.1, 0.15) is 5.82 Å². The van der Waals surface area contributed by atoms with Gasteiger partial charge in [-0.2, -0.15) is 0 Å². The summed E-state index contributed by atoms with van der Waals surface area (Å²) in [5.74, 6) is 1.67. The highest BCUT2D eigenvalue weighted by Gasteiger charge is 2.04. The monoisotopic (exact) mass is 221 g/mol. The molecule has 90 valence electrons. The second-order valence-electron chi connectivity index (χ2n) is 4.83. The largest absolute Gasteiger partial charge is 0.368 e. The third kappa shape index (κ3) is 4.62. The fraction of sp³-hybridized carbons (Fsp3) is 0.615. The Morgan fingerprint density at radius 1 is 1.25 bits per heavy atom. The molecule has 0 saturated heterocycles. The van der Waals surface area contributed by atoms with Crippen LogP contribution in [0.5, 0.6) is 0 Å². The number of nitrogens with zero attached hydrogens (tertiary/aromatic N) is 1. The molecule has 0 radical (unpaired) electrons. The summed E-state index contributed by atoms with van der Waals surface area (Å²) < 4.78 is 0. The molecule has 0 amide bonds. The minimum atomic E-state index is 0.416. The smallest absolute Gasteiger partial charge is 0.130 e. The fourth-order valence-corrected chi connectivity index (χ4v) is 1.48. The van der Waals surface area contributed by atoms with E-state index in [9.17, 15) is 0 Å². The summed E-state index contributed by atoms with van der Waals surface area (Å²) in [5, 5.41) is 6.80. The molecule has 3 nitrogen and oxygen atoms in total. The van der Waals surface area contributed by atoms with Crippen LogP contribution < -0.4 is 10.6 Å². The van der Waals surface area contributed by atoms with Crippen LogP contribution >= 0.6 is 0 Å². The van der Waals surface area contributed by atoms with Crippen molar-refractivity contribution in [2.75, 3.05) is 11.9 Å². The fourth-order valence-electron chi connectivity index (χ4n) is 1.48. The van der Waals surface area contributed by atoms with E-state index in [1.54, 1.807) is 0 Å². The van der Waals surface area contributed by atoms with E-state index >= 15 is 0 Å². The van der Waals surface area contributed by atoms with Crippen molar-refractivity contribution in [3.63, 3.8) is 0 Å². The number of pyridine rings is 1. The van der Waals surface area contributed by atoms with E-state index in [0.717, 1.165) is 18.9 Å². The lowest BCUT2D eigenvalue weighted by Crippen LogP contribution is -2.21. The van der Waals surface area contributed by atoms with E-state index in [1.807, 2.05) is 12.3 Å². The lowest BCUT2D eigenvalue weighted by molar-refractivity contribution is 0.552. The molecule has 0 aliphatic rings. The molecule has 0 atom stereocenters. The Bertz CT molecular complexity index is 308. The maximum Gasteiger partial charge on any atom is 0.130 e. The molecule has 0 aliphatic heterocycles. The zero-order valence-corrected chi connectivity index (χ0v) is 10.7. The van der Waals surface area contributed by atoms with Crippen LogP contribution in [0, 0.1) is 5.92 Å². The first kappa shape index (κ1) is 13.0. The first-order valence-electron chi connectivity index (χ1n) is 6.00. The van der Waals surface area contributed by atoms with Gasteiger partial charge in [0, 0.05) is 24.3 Å². The van der Waals surface area contributed by atoms with Gasteiger partial charge >= 0.3 is 0 Å². The molecular formula is C13H23N3.